The van der Waals surface area contributed by atoms with Gasteiger partial charge < -0.3 is 19.3 Å². The first-order valence-corrected chi connectivity index (χ1v) is 10.7. The lowest BCUT2D eigenvalue weighted by Gasteiger charge is -2.30. The largest absolute Gasteiger partial charge is 0.378 e. The Morgan fingerprint density at radius 1 is 0.867 bits per heavy atom. The maximum Gasteiger partial charge on any atom is 0.250 e. The SMILES string of the molecule is Brc1ccc(/C=C/C=N/Nc2nc(N3CCOCC3)nc(N3CCOCC3)n2)cc1. The van der Waals surface area contributed by atoms with Crippen molar-refractivity contribution in [3.63, 3.8) is 0 Å². The molecule has 158 valence electrons. The second-order valence-corrected chi connectivity index (χ2v) is 7.67. The van der Waals surface area contributed by atoms with E-state index in [2.05, 4.69) is 51.2 Å². The normalized spacial score (nSPS) is 17.8. The molecule has 4 rings (SSSR count). The molecule has 0 unspecified atom stereocenters. The van der Waals surface area contributed by atoms with Crippen LogP contribution in [0.1, 0.15) is 5.56 Å². The standard InChI is InChI=1S/C20H24BrN7O2/c21-17-5-3-16(4-6-17)2-1-7-22-26-18-23-19(27-8-12-29-13-9-27)25-20(24-18)28-10-14-30-15-11-28/h1-7H,8-15H2,(H,23,24,25,26)/b2-1+,22-7+. The van der Waals surface area contributed by atoms with E-state index in [0.29, 0.717) is 44.3 Å². The van der Waals surface area contributed by atoms with E-state index in [1.54, 1.807) is 6.21 Å². The van der Waals surface area contributed by atoms with Gasteiger partial charge >= 0.3 is 0 Å². The lowest BCUT2D eigenvalue weighted by molar-refractivity contribution is 0.121. The van der Waals surface area contributed by atoms with Gasteiger partial charge in [0.1, 0.15) is 0 Å². The van der Waals surface area contributed by atoms with Crippen molar-refractivity contribution in [2.24, 2.45) is 5.10 Å². The molecule has 30 heavy (non-hydrogen) atoms. The highest BCUT2D eigenvalue weighted by atomic mass is 79.9. The van der Waals surface area contributed by atoms with Crippen molar-refractivity contribution in [3.05, 3.63) is 40.4 Å². The summed E-state index contributed by atoms with van der Waals surface area (Å²) in [5.74, 6) is 1.69. The molecule has 1 aromatic heterocycles. The van der Waals surface area contributed by atoms with Crippen molar-refractivity contribution in [2.45, 2.75) is 0 Å². The topological polar surface area (TPSA) is 88.0 Å². The molecule has 0 amide bonds. The summed E-state index contributed by atoms with van der Waals surface area (Å²) < 4.78 is 11.9. The quantitative estimate of drug-likeness (QED) is 0.505. The predicted octanol–water partition coefficient (Wildman–Crippen LogP) is 2.42. The van der Waals surface area contributed by atoms with Gasteiger partial charge in [0.15, 0.2) is 0 Å². The van der Waals surface area contributed by atoms with Gasteiger partial charge in [0.05, 0.1) is 26.4 Å². The van der Waals surface area contributed by atoms with Crippen molar-refractivity contribution < 1.29 is 9.47 Å². The number of anilines is 3. The Morgan fingerprint density at radius 3 is 2.00 bits per heavy atom. The van der Waals surface area contributed by atoms with Crippen molar-refractivity contribution >= 4 is 46.1 Å². The molecule has 1 aromatic carbocycles. The van der Waals surface area contributed by atoms with Crippen LogP contribution in [0.2, 0.25) is 0 Å². The number of nitrogens with zero attached hydrogens (tertiary/aromatic N) is 6. The zero-order valence-electron chi connectivity index (χ0n) is 16.6. The molecule has 10 heteroatoms. The van der Waals surface area contributed by atoms with Crippen LogP contribution in [0.5, 0.6) is 0 Å². The van der Waals surface area contributed by atoms with Gasteiger partial charge in [-0.25, -0.2) is 5.43 Å². The Hall–Kier alpha value is -2.56. The Morgan fingerprint density at radius 2 is 1.43 bits per heavy atom. The summed E-state index contributed by atoms with van der Waals surface area (Å²) in [7, 11) is 0. The van der Waals surface area contributed by atoms with Crippen molar-refractivity contribution in [3.8, 4) is 0 Å². The number of halogens is 1. The summed E-state index contributed by atoms with van der Waals surface area (Å²) in [6.45, 7) is 5.69. The summed E-state index contributed by atoms with van der Waals surface area (Å²) in [5.41, 5.74) is 4.02. The van der Waals surface area contributed by atoms with Gasteiger partial charge in [-0.05, 0) is 23.8 Å². The number of aromatic nitrogens is 3. The molecule has 2 aromatic rings. The first-order valence-electron chi connectivity index (χ1n) is 9.91. The molecule has 1 N–H and O–H groups in total. The van der Waals surface area contributed by atoms with E-state index in [1.807, 2.05) is 36.4 Å². The predicted molar refractivity (Wildman–Crippen MR) is 121 cm³/mol. The number of allylic oxidation sites excluding steroid dienone is 1. The minimum absolute atomic E-state index is 0.418. The number of hydrogen-bond acceptors (Lipinski definition) is 9. The highest BCUT2D eigenvalue weighted by molar-refractivity contribution is 9.10. The molecule has 0 atom stereocenters. The van der Waals surface area contributed by atoms with Gasteiger partial charge in [-0.2, -0.15) is 20.1 Å². The molecule has 2 aliphatic heterocycles. The number of ether oxygens (including phenoxy) is 2. The number of hydrogen-bond donors (Lipinski definition) is 1. The molecule has 3 heterocycles. The van der Waals surface area contributed by atoms with Crippen LogP contribution in [-0.2, 0) is 9.47 Å². The van der Waals surface area contributed by atoms with Crippen LogP contribution in [0.25, 0.3) is 6.08 Å². The van der Waals surface area contributed by atoms with Gasteiger partial charge in [0.2, 0.25) is 17.8 Å². The number of benzene rings is 1. The highest BCUT2D eigenvalue weighted by Crippen LogP contribution is 2.18. The minimum Gasteiger partial charge on any atom is -0.378 e. The molecule has 9 nitrogen and oxygen atoms in total. The van der Waals surface area contributed by atoms with E-state index in [-0.39, 0.29) is 0 Å². The van der Waals surface area contributed by atoms with E-state index >= 15 is 0 Å². The third-order valence-corrected chi connectivity index (χ3v) is 5.21. The van der Waals surface area contributed by atoms with E-state index in [0.717, 1.165) is 36.2 Å². The number of hydrazone groups is 1. The van der Waals surface area contributed by atoms with Crippen LogP contribution in [-0.4, -0.2) is 73.8 Å². The molecule has 0 spiro atoms. The molecular formula is C20H24BrN7O2. The molecule has 0 aliphatic carbocycles. The number of nitrogens with one attached hydrogen (secondary N) is 1. The van der Waals surface area contributed by atoms with Gasteiger partial charge in [-0.3, -0.25) is 0 Å². The summed E-state index contributed by atoms with van der Waals surface area (Å²) in [4.78, 5) is 18.0. The molecule has 0 radical (unpaired) electrons. The Bertz CT molecular complexity index is 843. The van der Waals surface area contributed by atoms with Crippen LogP contribution < -0.4 is 15.2 Å². The molecule has 0 bridgehead atoms. The summed E-state index contributed by atoms with van der Waals surface area (Å²) >= 11 is 3.43. The average molecular weight is 474 g/mol. The smallest absolute Gasteiger partial charge is 0.250 e. The van der Waals surface area contributed by atoms with Crippen LogP contribution in [0.4, 0.5) is 17.8 Å². The third-order valence-electron chi connectivity index (χ3n) is 4.68. The fraction of sp³-hybridized carbons (Fsp3) is 0.400. The number of rotatable bonds is 6. The second-order valence-electron chi connectivity index (χ2n) is 6.76. The van der Waals surface area contributed by atoms with Gasteiger partial charge in [0, 0.05) is 36.9 Å². The van der Waals surface area contributed by atoms with Crippen LogP contribution >= 0.6 is 15.9 Å². The minimum atomic E-state index is 0.418. The average Bonchev–Trinajstić information content (AvgIpc) is 2.81. The van der Waals surface area contributed by atoms with E-state index in [1.165, 1.54) is 0 Å². The molecule has 2 fully saturated rings. The second kappa shape index (κ2) is 10.5. The Kier molecular flexibility index (Phi) is 7.22. The zero-order chi connectivity index (χ0) is 20.6. The molecule has 0 saturated carbocycles. The van der Waals surface area contributed by atoms with Crippen molar-refractivity contribution in [2.75, 3.05) is 67.8 Å². The fourth-order valence-electron chi connectivity index (χ4n) is 3.08. The van der Waals surface area contributed by atoms with Crippen molar-refractivity contribution in [1.29, 1.82) is 0 Å². The van der Waals surface area contributed by atoms with Crippen LogP contribution in [0.3, 0.4) is 0 Å². The van der Waals surface area contributed by atoms with E-state index < -0.39 is 0 Å². The van der Waals surface area contributed by atoms with Gasteiger partial charge in [-0.1, -0.05) is 34.1 Å². The fourth-order valence-corrected chi connectivity index (χ4v) is 3.34. The lowest BCUT2D eigenvalue weighted by Crippen LogP contribution is -2.40. The lowest BCUT2D eigenvalue weighted by atomic mass is 10.2. The Labute approximate surface area is 183 Å². The zero-order valence-corrected chi connectivity index (χ0v) is 18.2. The molecular weight excluding hydrogens is 450 g/mol. The van der Waals surface area contributed by atoms with E-state index in [4.69, 9.17) is 9.47 Å². The highest BCUT2D eigenvalue weighted by Gasteiger charge is 2.20. The maximum absolute atomic E-state index is 5.44. The monoisotopic (exact) mass is 473 g/mol. The molecule has 2 aliphatic rings. The maximum atomic E-state index is 5.44. The first kappa shape index (κ1) is 20.7. The van der Waals surface area contributed by atoms with Crippen LogP contribution in [0.15, 0.2) is 39.9 Å². The summed E-state index contributed by atoms with van der Waals surface area (Å²) in [5, 5.41) is 4.24. The van der Waals surface area contributed by atoms with Gasteiger partial charge in [-0.15, -0.1) is 0 Å². The van der Waals surface area contributed by atoms with Gasteiger partial charge in [0.25, 0.3) is 0 Å². The summed E-state index contributed by atoms with van der Waals surface area (Å²) in [6.07, 6.45) is 5.52. The first-order chi connectivity index (χ1) is 14.8. The van der Waals surface area contributed by atoms with Crippen molar-refractivity contribution in [1.82, 2.24) is 15.0 Å². The molecule has 2 saturated heterocycles. The third kappa shape index (κ3) is 5.74. The Balaban J connectivity index is 1.46. The number of morpholine rings is 2. The van der Waals surface area contributed by atoms with Crippen LogP contribution in [0, 0.1) is 0 Å². The van der Waals surface area contributed by atoms with E-state index in [9.17, 15) is 0 Å². The summed E-state index contributed by atoms with van der Waals surface area (Å²) in [6, 6.07) is 8.05.